The van der Waals surface area contributed by atoms with Crippen LogP contribution in [0.4, 0.5) is 0 Å². The van der Waals surface area contributed by atoms with Gasteiger partial charge < -0.3 is 10.1 Å². The predicted molar refractivity (Wildman–Crippen MR) is 121 cm³/mol. The summed E-state index contributed by atoms with van der Waals surface area (Å²) < 4.78 is 6.84. The number of nitrogens with one attached hydrogen (secondary N) is 3. The van der Waals surface area contributed by atoms with E-state index in [0.717, 1.165) is 11.1 Å². The zero-order chi connectivity index (χ0) is 21.3. The fourth-order valence-corrected chi connectivity index (χ4v) is 3.23. The molecule has 156 valence electrons. The normalized spacial score (nSPS) is 11.5. The van der Waals surface area contributed by atoms with Crippen molar-refractivity contribution in [2.45, 2.75) is 19.5 Å². The molecule has 0 unspecified atom stereocenters. The summed E-state index contributed by atoms with van der Waals surface area (Å²) in [7, 11) is 1.62. The molecule has 1 atom stereocenters. The lowest BCUT2D eigenvalue weighted by Crippen LogP contribution is -2.50. The Morgan fingerprint density at radius 1 is 1.10 bits per heavy atom. The van der Waals surface area contributed by atoms with Crippen LogP contribution in [-0.2, 0) is 11.3 Å². The number of benzene rings is 2. The summed E-state index contributed by atoms with van der Waals surface area (Å²) in [6, 6.07) is 19.6. The van der Waals surface area contributed by atoms with Gasteiger partial charge in [-0.2, -0.15) is 5.10 Å². The highest BCUT2D eigenvalue weighted by molar-refractivity contribution is 7.80. The van der Waals surface area contributed by atoms with Gasteiger partial charge in [-0.1, -0.05) is 60.7 Å². The molecule has 0 aliphatic carbocycles. The van der Waals surface area contributed by atoms with Crippen LogP contribution in [0, 0.1) is 0 Å². The number of thiocarbonyl (C=S) groups is 1. The van der Waals surface area contributed by atoms with Crippen molar-refractivity contribution in [2.75, 3.05) is 13.7 Å². The minimum atomic E-state index is -0.322. The molecule has 0 aliphatic heterocycles. The molecule has 0 fully saturated rings. The van der Waals surface area contributed by atoms with Crippen LogP contribution >= 0.6 is 12.2 Å². The third-order valence-corrected chi connectivity index (χ3v) is 4.54. The number of hydrogen-bond acceptors (Lipinski definition) is 4. The standard InChI is InChI=1S/C22H25N5O2S/c1-16(15-29-2)23-22(30)25-24-21(28)19-14-27(13-17-9-5-3-6-10-17)26-20(19)18-11-7-4-8-12-18/h3-12,14,16H,13,15H2,1-2H3,(H,24,28)(H2,23,25,30)/t16-/m1/s1. The summed E-state index contributed by atoms with van der Waals surface area (Å²) in [6.45, 7) is 3.00. The molecule has 0 radical (unpaired) electrons. The highest BCUT2D eigenvalue weighted by atomic mass is 32.1. The van der Waals surface area contributed by atoms with Gasteiger partial charge in [0, 0.05) is 24.9 Å². The van der Waals surface area contributed by atoms with Gasteiger partial charge in [0.25, 0.3) is 5.91 Å². The second-order valence-corrected chi connectivity index (χ2v) is 7.26. The Hall–Kier alpha value is -3.23. The number of carbonyl (C=O) groups is 1. The van der Waals surface area contributed by atoms with E-state index in [1.165, 1.54) is 0 Å². The lowest BCUT2D eigenvalue weighted by atomic mass is 10.1. The Bertz CT molecular complexity index is 976. The monoisotopic (exact) mass is 423 g/mol. The number of methoxy groups -OCH3 is 1. The minimum absolute atomic E-state index is 0.0143. The Morgan fingerprint density at radius 3 is 2.43 bits per heavy atom. The van der Waals surface area contributed by atoms with E-state index in [0.29, 0.717) is 29.5 Å². The number of rotatable bonds is 7. The van der Waals surface area contributed by atoms with E-state index in [9.17, 15) is 4.79 Å². The zero-order valence-electron chi connectivity index (χ0n) is 17.0. The smallest absolute Gasteiger partial charge is 0.273 e. The Kier molecular flexibility index (Phi) is 7.53. The van der Waals surface area contributed by atoms with E-state index in [-0.39, 0.29) is 11.9 Å². The highest BCUT2D eigenvalue weighted by Crippen LogP contribution is 2.22. The van der Waals surface area contributed by atoms with Crippen molar-refractivity contribution in [1.82, 2.24) is 25.9 Å². The van der Waals surface area contributed by atoms with Gasteiger partial charge in [0.2, 0.25) is 0 Å². The van der Waals surface area contributed by atoms with Crippen LogP contribution in [0.3, 0.4) is 0 Å². The number of carbonyl (C=O) groups excluding carboxylic acids is 1. The maximum atomic E-state index is 12.9. The molecule has 3 aromatic rings. The molecule has 0 aliphatic rings. The summed E-state index contributed by atoms with van der Waals surface area (Å²) in [5.41, 5.74) is 8.41. The van der Waals surface area contributed by atoms with E-state index in [1.807, 2.05) is 67.6 Å². The van der Waals surface area contributed by atoms with Gasteiger partial charge in [-0.15, -0.1) is 0 Å². The lowest BCUT2D eigenvalue weighted by Gasteiger charge is -2.16. The fourth-order valence-electron chi connectivity index (χ4n) is 2.98. The lowest BCUT2D eigenvalue weighted by molar-refractivity contribution is 0.0944. The molecule has 1 heterocycles. The first-order chi connectivity index (χ1) is 14.6. The van der Waals surface area contributed by atoms with Gasteiger partial charge in [0.15, 0.2) is 5.11 Å². The average Bonchev–Trinajstić information content (AvgIpc) is 3.17. The molecule has 7 nitrogen and oxygen atoms in total. The third kappa shape index (κ3) is 5.88. The van der Waals surface area contributed by atoms with Crippen LogP contribution in [-0.4, -0.2) is 40.6 Å². The van der Waals surface area contributed by atoms with Crippen molar-refractivity contribution in [3.8, 4) is 11.3 Å². The van der Waals surface area contributed by atoms with Crippen molar-refractivity contribution < 1.29 is 9.53 Å². The number of aromatic nitrogens is 2. The SMILES string of the molecule is COC[C@@H](C)NC(=S)NNC(=O)c1cn(Cc2ccccc2)nc1-c1ccccc1. The van der Waals surface area contributed by atoms with Gasteiger partial charge in [-0.05, 0) is 24.7 Å². The molecule has 0 saturated carbocycles. The minimum Gasteiger partial charge on any atom is -0.383 e. The van der Waals surface area contributed by atoms with E-state index in [2.05, 4.69) is 21.3 Å². The van der Waals surface area contributed by atoms with Gasteiger partial charge in [0.05, 0.1) is 18.7 Å². The van der Waals surface area contributed by atoms with Gasteiger partial charge in [0.1, 0.15) is 5.69 Å². The summed E-state index contributed by atoms with van der Waals surface area (Å²) in [4.78, 5) is 12.9. The molecular weight excluding hydrogens is 398 g/mol. The third-order valence-electron chi connectivity index (χ3n) is 4.32. The number of amides is 1. The second-order valence-electron chi connectivity index (χ2n) is 6.85. The van der Waals surface area contributed by atoms with Crippen LogP contribution in [0.5, 0.6) is 0 Å². The van der Waals surface area contributed by atoms with Crippen LogP contribution < -0.4 is 16.2 Å². The van der Waals surface area contributed by atoms with Crippen LogP contribution in [0.2, 0.25) is 0 Å². The number of ether oxygens (including phenoxy) is 1. The zero-order valence-corrected chi connectivity index (χ0v) is 17.8. The van der Waals surface area contributed by atoms with Gasteiger partial charge in [-0.3, -0.25) is 20.3 Å². The number of nitrogens with zero attached hydrogens (tertiary/aromatic N) is 2. The Morgan fingerprint density at radius 2 is 1.77 bits per heavy atom. The summed E-state index contributed by atoms with van der Waals surface area (Å²) in [6.07, 6.45) is 1.75. The molecular formula is C22H25N5O2S. The largest absolute Gasteiger partial charge is 0.383 e. The molecule has 1 aromatic heterocycles. The number of hydrazine groups is 1. The van der Waals surface area contributed by atoms with Crippen molar-refractivity contribution in [3.05, 3.63) is 78.0 Å². The van der Waals surface area contributed by atoms with E-state index < -0.39 is 0 Å². The molecule has 3 N–H and O–H groups in total. The Labute approximate surface area is 181 Å². The first-order valence-corrected chi connectivity index (χ1v) is 10.00. The van der Waals surface area contributed by atoms with Crippen molar-refractivity contribution >= 4 is 23.2 Å². The molecule has 8 heteroatoms. The maximum Gasteiger partial charge on any atom is 0.273 e. The first-order valence-electron chi connectivity index (χ1n) is 9.59. The van der Waals surface area contributed by atoms with E-state index in [4.69, 9.17) is 17.0 Å². The van der Waals surface area contributed by atoms with Crippen molar-refractivity contribution in [3.63, 3.8) is 0 Å². The summed E-state index contributed by atoms with van der Waals surface area (Å²) in [5, 5.41) is 8.00. The second kappa shape index (κ2) is 10.5. The average molecular weight is 424 g/mol. The van der Waals surface area contributed by atoms with Crippen LogP contribution in [0.15, 0.2) is 66.9 Å². The first kappa shape index (κ1) is 21.5. The number of hydrogen-bond donors (Lipinski definition) is 3. The molecule has 0 saturated heterocycles. The quantitative estimate of drug-likeness (QED) is 0.401. The Balaban J connectivity index is 1.76. The molecule has 30 heavy (non-hydrogen) atoms. The fraction of sp³-hybridized carbons (Fsp3) is 0.227. The molecule has 3 rings (SSSR count). The van der Waals surface area contributed by atoms with Gasteiger partial charge >= 0.3 is 0 Å². The predicted octanol–water partition coefficient (Wildman–Crippen LogP) is 2.74. The van der Waals surface area contributed by atoms with E-state index >= 15 is 0 Å². The van der Waals surface area contributed by atoms with Crippen LogP contribution in [0.25, 0.3) is 11.3 Å². The van der Waals surface area contributed by atoms with Crippen LogP contribution in [0.1, 0.15) is 22.8 Å². The maximum absolute atomic E-state index is 12.9. The van der Waals surface area contributed by atoms with Crippen molar-refractivity contribution in [2.24, 2.45) is 0 Å². The molecule has 2 aromatic carbocycles. The van der Waals surface area contributed by atoms with Crippen molar-refractivity contribution in [1.29, 1.82) is 0 Å². The molecule has 1 amide bonds. The van der Waals surface area contributed by atoms with Gasteiger partial charge in [-0.25, -0.2) is 0 Å². The summed E-state index contributed by atoms with van der Waals surface area (Å²) in [5.74, 6) is -0.322. The van der Waals surface area contributed by atoms with E-state index in [1.54, 1.807) is 18.0 Å². The molecule has 0 spiro atoms. The molecule has 0 bridgehead atoms. The highest BCUT2D eigenvalue weighted by Gasteiger charge is 2.18. The topological polar surface area (TPSA) is 80.2 Å². The summed E-state index contributed by atoms with van der Waals surface area (Å²) >= 11 is 5.22.